The Balaban J connectivity index is 1.58. The summed E-state index contributed by atoms with van der Waals surface area (Å²) < 4.78 is 65.8. The minimum atomic E-state index is -2.77. The first kappa shape index (κ1) is 28.3. The molecule has 2 aromatic heterocycles. The molecule has 210 valence electrons. The summed E-state index contributed by atoms with van der Waals surface area (Å²) in [5, 5.41) is 6.99. The number of carbonyl (C=O) groups is 2. The number of nitrogens with one attached hydrogen (secondary N) is 1. The lowest BCUT2D eigenvalue weighted by atomic mass is 9.81. The van der Waals surface area contributed by atoms with Gasteiger partial charge < -0.3 is 14.8 Å². The van der Waals surface area contributed by atoms with Crippen LogP contribution in [-0.4, -0.2) is 45.6 Å². The summed E-state index contributed by atoms with van der Waals surface area (Å²) in [6, 6.07) is 9.77. The number of aromatic nitrogens is 3. The number of hydrogen-bond acceptors (Lipinski definition) is 6. The van der Waals surface area contributed by atoms with Gasteiger partial charge in [0.2, 0.25) is 12.3 Å². The zero-order chi connectivity index (χ0) is 28.0. The fourth-order valence-electron chi connectivity index (χ4n) is 4.76. The van der Waals surface area contributed by atoms with E-state index in [1.807, 2.05) is 18.2 Å². The van der Waals surface area contributed by atoms with E-state index in [0.717, 1.165) is 5.56 Å². The number of benzene rings is 1. The number of esters is 1. The van der Waals surface area contributed by atoms with Crippen molar-refractivity contribution in [1.29, 1.82) is 0 Å². The molecule has 39 heavy (non-hydrogen) atoms. The highest BCUT2D eigenvalue weighted by molar-refractivity contribution is 5.78. The first-order chi connectivity index (χ1) is 18.6. The average molecular weight is 551 g/mol. The number of alkyl halides is 4. The van der Waals surface area contributed by atoms with E-state index < -0.39 is 42.8 Å². The highest BCUT2D eigenvalue weighted by Gasteiger charge is 2.39. The minimum absolute atomic E-state index is 0.0254. The van der Waals surface area contributed by atoms with Crippen molar-refractivity contribution in [3.63, 3.8) is 0 Å². The molecule has 0 bridgehead atoms. The van der Waals surface area contributed by atoms with E-state index in [1.54, 1.807) is 25.3 Å². The molecular formula is C27H30F4N4O4. The van der Waals surface area contributed by atoms with Crippen LogP contribution in [0.2, 0.25) is 0 Å². The van der Waals surface area contributed by atoms with Crippen molar-refractivity contribution in [2.45, 2.75) is 69.9 Å². The number of hydrogen-bond donors (Lipinski definition) is 1. The van der Waals surface area contributed by atoms with Gasteiger partial charge in [-0.25, -0.2) is 31.9 Å². The van der Waals surface area contributed by atoms with Crippen molar-refractivity contribution in [3.8, 4) is 0 Å². The summed E-state index contributed by atoms with van der Waals surface area (Å²) in [4.78, 5) is 29.6. The first-order valence-corrected chi connectivity index (χ1v) is 12.8. The second-order valence-electron chi connectivity index (χ2n) is 9.57. The van der Waals surface area contributed by atoms with Crippen LogP contribution in [0, 0.1) is 5.92 Å². The van der Waals surface area contributed by atoms with Crippen molar-refractivity contribution < 1.29 is 36.6 Å². The number of imidazole rings is 1. The van der Waals surface area contributed by atoms with Crippen molar-refractivity contribution in [1.82, 2.24) is 19.9 Å². The Labute approximate surface area is 222 Å². The molecule has 3 aromatic rings. The summed E-state index contributed by atoms with van der Waals surface area (Å²) in [5.41, 5.74) is 1.60. The number of nitrogens with zero attached hydrogens (tertiary/aromatic N) is 3. The number of halogens is 4. The third-order valence-corrected chi connectivity index (χ3v) is 6.79. The Kier molecular flexibility index (Phi) is 9.03. The average Bonchev–Trinajstić information content (AvgIpc) is 3.33. The molecule has 1 unspecified atom stereocenters. The molecule has 1 aliphatic carbocycles. The molecule has 0 spiro atoms. The van der Waals surface area contributed by atoms with Crippen LogP contribution < -0.4 is 5.32 Å². The highest BCUT2D eigenvalue weighted by Crippen LogP contribution is 2.41. The molecule has 0 radical (unpaired) electrons. The maximum Gasteiger partial charge on any atom is 0.408 e. The van der Waals surface area contributed by atoms with E-state index in [9.17, 15) is 27.2 Å². The maximum atomic E-state index is 13.9. The normalized spacial score (nSPS) is 17.1. The Morgan fingerprint density at radius 1 is 1.15 bits per heavy atom. The number of alkyl carbamates (subject to hydrolysis) is 1. The highest BCUT2D eigenvalue weighted by atomic mass is 19.3. The van der Waals surface area contributed by atoms with Gasteiger partial charge in [-0.05, 0) is 42.9 Å². The second kappa shape index (κ2) is 12.4. The van der Waals surface area contributed by atoms with E-state index >= 15 is 0 Å². The molecule has 12 heteroatoms. The topological polar surface area (TPSA) is 94.8 Å². The Morgan fingerprint density at radius 2 is 1.87 bits per heavy atom. The van der Waals surface area contributed by atoms with Gasteiger partial charge in [-0.3, -0.25) is 4.79 Å². The van der Waals surface area contributed by atoms with Gasteiger partial charge in [0.15, 0.2) is 5.65 Å². The lowest BCUT2D eigenvalue weighted by molar-refractivity contribution is -0.146. The Morgan fingerprint density at radius 3 is 2.54 bits per heavy atom. The Hall–Kier alpha value is -3.70. The van der Waals surface area contributed by atoms with Gasteiger partial charge in [-0.15, -0.1) is 0 Å². The van der Waals surface area contributed by atoms with Crippen LogP contribution in [0.1, 0.15) is 67.8 Å². The number of amides is 1. The maximum absolute atomic E-state index is 13.9. The SMILES string of the molecule is CCOC(=O)C(CC(F)F)c1cnn2cc([C@@H](NC(=O)OCc3ccccc3)C3CCC(F)(F)CC3)nc2c1. The van der Waals surface area contributed by atoms with Crippen molar-refractivity contribution in [2.24, 2.45) is 5.92 Å². The number of carbonyl (C=O) groups excluding carboxylic acids is 2. The van der Waals surface area contributed by atoms with Gasteiger partial charge in [0.25, 0.3) is 0 Å². The van der Waals surface area contributed by atoms with Crippen molar-refractivity contribution >= 4 is 17.7 Å². The molecular weight excluding hydrogens is 520 g/mol. The molecule has 1 saturated carbocycles. The summed E-state index contributed by atoms with van der Waals surface area (Å²) in [5.74, 6) is -5.13. The van der Waals surface area contributed by atoms with Crippen molar-refractivity contribution in [2.75, 3.05) is 6.61 Å². The van der Waals surface area contributed by atoms with E-state index in [4.69, 9.17) is 9.47 Å². The molecule has 1 N–H and O–H groups in total. The van der Waals surface area contributed by atoms with Crippen LogP contribution in [0.15, 0.2) is 48.8 Å². The monoisotopic (exact) mass is 550 g/mol. The first-order valence-electron chi connectivity index (χ1n) is 12.8. The predicted molar refractivity (Wildman–Crippen MR) is 132 cm³/mol. The smallest absolute Gasteiger partial charge is 0.408 e. The molecule has 1 aliphatic rings. The minimum Gasteiger partial charge on any atom is -0.466 e. The van der Waals surface area contributed by atoms with Crippen LogP contribution in [0.4, 0.5) is 22.4 Å². The second-order valence-corrected chi connectivity index (χ2v) is 9.57. The van der Waals surface area contributed by atoms with E-state index in [0.29, 0.717) is 5.69 Å². The molecule has 0 saturated heterocycles. The van der Waals surface area contributed by atoms with Crippen LogP contribution in [0.3, 0.4) is 0 Å². The Bertz CT molecular complexity index is 1260. The predicted octanol–water partition coefficient (Wildman–Crippen LogP) is 5.82. The van der Waals surface area contributed by atoms with Gasteiger partial charge in [0.1, 0.15) is 6.61 Å². The number of fused-ring (bicyclic) bond motifs is 1. The standard InChI is InChI=1S/C27H30F4N4O4/c1-2-38-25(36)20(13-22(28)29)19-12-23-33-21(15-35(23)32-14-19)24(18-8-10-27(30,31)11-9-18)34-26(37)39-16-17-6-4-3-5-7-17/h3-7,12,14-15,18,20,22,24H,2,8-11,13,16H2,1H3,(H,34,37)/t20?,24-/m0/s1. The van der Waals surface area contributed by atoms with Gasteiger partial charge in [0.05, 0.1) is 36.7 Å². The summed E-state index contributed by atoms with van der Waals surface area (Å²) >= 11 is 0. The molecule has 1 fully saturated rings. The largest absolute Gasteiger partial charge is 0.466 e. The van der Waals surface area contributed by atoms with Crippen LogP contribution >= 0.6 is 0 Å². The van der Waals surface area contributed by atoms with Crippen LogP contribution in [0.25, 0.3) is 5.65 Å². The van der Waals surface area contributed by atoms with Gasteiger partial charge in [0, 0.05) is 19.3 Å². The molecule has 4 rings (SSSR count). The van der Waals surface area contributed by atoms with Crippen LogP contribution in [0.5, 0.6) is 0 Å². The van der Waals surface area contributed by atoms with E-state index in [-0.39, 0.29) is 56.0 Å². The van der Waals surface area contributed by atoms with Gasteiger partial charge >= 0.3 is 12.1 Å². The molecule has 8 nitrogen and oxygen atoms in total. The van der Waals surface area contributed by atoms with E-state index in [2.05, 4.69) is 15.4 Å². The molecule has 0 aliphatic heterocycles. The third-order valence-electron chi connectivity index (χ3n) is 6.79. The third kappa shape index (κ3) is 7.45. The number of ether oxygens (including phenoxy) is 2. The summed E-state index contributed by atoms with van der Waals surface area (Å²) in [7, 11) is 0. The lowest BCUT2D eigenvalue weighted by Crippen LogP contribution is -2.37. The van der Waals surface area contributed by atoms with Gasteiger partial charge in [-0.1, -0.05) is 30.3 Å². The lowest BCUT2D eigenvalue weighted by Gasteiger charge is -2.33. The molecule has 2 atom stereocenters. The fourth-order valence-corrected chi connectivity index (χ4v) is 4.76. The van der Waals surface area contributed by atoms with Crippen LogP contribution in [-0.2, 0) is 20.9 Å². The molecule has 2 heterocycles. The summed E-state index contributed by atoms with van der Waals surface area (Å²) in [6.07, 6.45) is -1.71. The quantitative estimate of drug-likeness (QED) is 0.252. The zero-order valence-electron chi connectivity index (χ0n) is 21.4. The molecule has 1 amide bonds. The number of rotatable bonds is 10. The fraction of sp³-hybridized carbons (Fsp3) is 0.481. The van der Waals surface area contributed by atoms with E-state index in [1.165, 1.54) is 16.8 Å². The zero-order valence-corrected chi connectivity index (χ0v) is 21.4. The van der Waals surface area contributed by atoms with Crippen molar-refractivity contribution in [3.05, 3.63) is 65.6 Å². The summed E-state index contributed by atoms with van der Waals surface area (Å²) in [6.45, 7) is 1.65. The molecule has 1 aromatic carbocycles. The van der Waals surface area contributed by atoms with Gasteiger partial charge in [-0.2, -0.15) is 5.10 Å².